The minimum Gasteiger partial charge on any atom is -0.289 e. The van der Waals surface area contributed by atoms with Crippen molar-refractivity contribution in [3.8, 4) is 11.3 Å². The van der Waals surface area contributed by atoms with Gasteiger partial charge in [-0.2, -0.15) is 5.10 Å². The Labute approximate surface area is 201 Å². The summed E-state index contributed by atoms with van der Waals surface area (Å²) in [6.45, 7) is 4.45. The van der Waals surface area contributed by atoms with Crippen LogP contribution >= 0.6 is 11.6 Å². The molecule has 9 heteroatoms. The van der Waals surface area contributed by atoms with Gasteiger partial charge in [0.05, 0.1) is 29.0 Å². The van der Waals surface area contributed by atoms with E-state index < -0.39 is 0 Å². The van der Waals surface area contributed by atoms with E-state index in [4.69, 9.17) is 16.6 Å². The summed E-state index contributed by atoms with van der Waals surface area (Å²) in [6, 6.07) is 16.9. The number of halogens is 1. The number of benzene rings is 2. The summed E-state index contributed by atoms with van der Waals surface area (Å²) >= 11 is 5.95. The maximum atomic E-state index is 13.3. The maximum Gasteiger partial charge on any atom is 0.258 e. The Kier molecular flexibility index (Phi) is 5.59. The third-order valence-electron chi connectivity index (χ3n) is 5.75. The minimum atomic E-state index is -0.303. The summed E-state index contributed by atoms with van der Waals surface area (Å²) in [6.07, 6.45) is 1.59. The minimum absolute atomic E-state index is 0.232. The van der Waals surface area contributed by atoms with Gasteiger partial charge in [0.15, 0.2) is 0 Å². The summed E-state index contributed by atoms with van der Waals surface area (Å²) in [4.78, 5) is 22.4. The van der Waals surface area contributed by atoms with Crippen LogP contribution in [0.1, 0.15) is 27.3 Å². The number of nitrogens with zero attached hydrogens (tertiary/aromatic N) is 6. The van der Waals surface area contributed by atoms with E-state index in [9.17, 15) is 4.79 Å². The molecule has 0 aliphatic heterocycles. The number of hydrogen-bond acceptors (Lipinski definition) is 5. The number of aryl methyl sites for hydroxylation is 2. The highest BCUT2D eigenvalue weighted by atomic mass is 35.5. The van der Waals surface area contributed by atoms with Crippen LogP contribution in [-0.2, 0) is 13.6 Å². The molecule has 0 aliphatic rings. The Bertz CT molecular complexity index is 1520. The molecule has 0 aliphatic carbocycles. The fourth-order valence-corrected chi connectivity index (χ4v) is 4.14. The highest BCUT2D eigenvalue weighted by Gasteiger charge is 2.19. The van der Waals surface area contributed by atoms with E-state index >= 15 is 0 Å². The molecule has 2 aromatic carbocycles. The molecule has 3 aromatic heterocycles. The van der Waals surface area contributed by atoms with E-state index in [-0.39, 0.29) is 11.9 Å². The molecule has 5 rings (SSSR count). The first-order valence-electron chi connectivity index (χ1n) is 10.7. The summed E-state index contributed by atoms with van der Waals surface area (Å²) in [5.74, 6) is -0.0709. The van der Waals surface area contributed by atoms with Crippen LogP contribution in [0.2, 0.25) is 5.02 Å². The second-order valence-electron chi connectivity index (χ2n) is 8.09. The smallest absolute Gasteiger partial charge is 0.258 e. The van der Waals surface area contributed by atoms with Crippen molar-refractivity contribution < 1.29 is 4.79 Å². The van der Waals surface area contributed by atoms with Crippen molar-refractivity contribution in [3.63, 3.8) is 0 Å². The van der Waals surface area contributed by atoms with E-state index in [0.29, 0.717) is 22.8 Å². The number of pyridine rings is 1. The number of carbonyl (C=O) groups is 1. The van der Waals surface area contributed by atoms with Crippen LogP contribution in [-0.4, -0.2) is 35.4 Å². The zero-order valence-electron chi connectivity index (χ0n) is 19.0. The molecule has 3 heterocycles. The first kappa shape index (κ1) is 21.8. The summed E-state index contributed by atoms with van der Waals surface area (Å²) < 4.78 is 3.48. The van der Waals surface area contributed by atoms with Crippen LogP contribution in [0.4, 0.5) is 5.95 Å². The number of anilines is 1. The standard InChI is InChI=1S/C25H22ClN7O/c1-15-23(16(2)32(3)30-15)22-12-20(19-6-4-5-7-21(19)28-22)24(34)29-25-27-14-33(31-25)13-17-8-10-18(26)11-9-17/h4-12,14H,13H2,1-3H3,(H,29,31,34). The van der Waals surface area contributed by atoms with Gasteiger partial charge in [0.25, 0.3) is 5.91 Å². The Morgan fingerprint density at radius 1 is 1.06 bits per heavy atom. The average Bonchev–Trinajstić information content (AvgIpc) is 3.36. The SMILES string of the molecule is Cc1nn(C)c(C)c1-c1cc(C(=O)Nc2ncn(Cc3ccc(Cl)cc3)n2)c2ccccc2n1. The van der Waals surface area contributed by atoms with Crippen molar-refractivity contribution in [2.24, 2.45) is 7.05 Å². The lowest BCUT2D eigenvalue weighted by Crippen LogP contribution is -2.14. The van der Waals surface area contributed by atoms with Gasteiger partial charge in [-0.3, -0.25) is 14.8 Å². The lowest BCUT2D eigenvalue weighted by atomic mass is 10.0. The van der Waals surface area contributed by atoms with Gasteiger partial charge in [-0.25, -0.2) is 14.6 Å². The summed E-state index contributed by atoms with van der Waals surface area (Å²) in [5.41, 5.74) is 5.72. The topological polar surface area (TPSA) is 90.5 Å². The fourth-order valence-electron chi connectivity index (χ4n) is 4.01. The fraction of sp³-hybridized carbons (Fsp3) is 0.160. The summed E-state index contributed by atoms with van der Waals surface area (Å²) in [7, 11) is 1.90. The van der Waals surface area contributed by atoms with Gasteiger partial charge in [-0.15, -0.1) is 5.10 Å². The number of aromatic nitrogens is 6. The van der Waals surface area contributed by atoms with Crippen molar-refractivity contribution in [3.05, 3.63) is 88.5 Å². The van der Waals surface area contributed by atoms with Crippen molar-refractivity contribution in [2.75, 3.05) is 5.32 Å². The molecule has 1 N–H and O–H groups in total. The van der Waals surface area contributed by atoms with E-state index in [0.717, 1.165) is 33.4 Å². The van der Waals surface area contributed by atoms with Crippen molar-refractivity contribution in [1.29, 1.82) is 0 Å². The highest BCUT2D eigenvalue weighted by Crippen LogP contribution is 2.29. The Balaban J connectivity index is 1.46. The zero-order chi connectivity index (χ0) is 23.8. The third-order valence-corrected chi connectivity index (χ3v) is 6.00. The second-order valence-corrected chi connectivity index (χ2v) is 8.52. The number of carbonyl (C=O) groups excluding carboxylic acids is 1. The molecule has 0 spiro atoms. The van der Waals surface area contributed by atoms with Gasteiger partial charge >= 0.3 is 0 Å². The van der Waals surface area contributed by atoms with Crippen molar-refractivity contribution in [2.45, 2.75) is 20.4 Å². The first-order valence-corrected chi connectivity index (χ1v) is 11.1. The van der Waals surface area contributed by atoms with Gasteiger partial charge < -0.3 is 0 Å². The molecular formula is C25H22ClN7O. The summed E-state index contributed by atoms with van der Waals surface area (Å²) in [5, 5.41) is 13.2. The molecule has 0 saturated carbocycles. The van der Waals surface area contributed by atoms with Crippen LogP contribution in [0.25, 0.3) is 22.2 Å². The van der Waals surface area contributed by atoms with E-state index in [1.54, 1.807) is 17.1 Å². The molecule has 0 radical (unpaired) electrons. The molecule has 0 unspecified atom stereocenters. The Hall–Kier alpha value is -4.04. The van der Waals surface area contributed by atoms with Crippen LogP contribution in [0.3, 0.4) is 0 Å². The third kappa shape index (κ3) is 4.15. The Morgan fingerprint density at radius 3 is 2.56 bits per heavy atom. The zero-order valence-corrected chi connectivity index (χ0v) is 19.7. The molecular weight excluding hydrogens is 450 g/mol. The lowest BCUT2D eigenvalue weighted by molar-refractivity contribution is 0.102. The molecule has 0 fully saturated rings. The number of nitrogens with one attached hydrogen (secondary N) is 1. The molecule has 1 amide bonds. The lowest BCUT2D eigenvalue weighted by Gasteiger charge is -2.10. The normalized spacial score (nSPS) is 11.2. The molecule has 0 atom stereocenters. The number of para-hydroxylation sites is 1. The largest absolute Gasteiger partial charge is 0.289 e. The first-order chi connectivity index (χ1) is 16.4. The Morgan fingerprint density at radius 2 is 1.82 bits per heavy atom. The molecule has 0 bridgehead atoms. The second kappa shape index (κ2) is 8.72. The van der Waals surface area contributed by atoms with Gasteiger partial charge in [0.2, 0.25) is 5.95 Å². The molecule has 8 nitrogen and oxygen atoms in total. The van der Waals surface area contributed by atoms with Crippen molar-refractivity contribution >= 4 is 34.4 Å². The quantitative estimate of drug-likeness (QED) is 0.397. The maximum absolute atomic E-state index is 13.3. The van der Waals surface area contributed by atoms with Crippen LogP contribution in [0.15, 0.2) is 60.9 Å². The van der Waals surface area contributed by atoms with Crippen molar-refractivity contribution in [1.82, 2.24) is 29.5 Å². The molecule has 170 valence electrons. The number of hydrogen-bond donors (Lipinski definition) is 1. The highest BCUT2D eigenvalue weighted by molar-refractivity contribution is 6.30. The number of fused-ring (bicyclic) bond motifs is 1. The number of rotatable bonds is 5. The van der Waals surface area contributed by atoms with Crippen LogP contribution in [0.5, 0.6) is 0 Å². The monoisotopic (exact) mass is 471 g/mol. The van der Waals surface area contributed by atoms with Gasteiger partial charge in [0, 0.05) is 28.7 Å². The van der Waals surface area contributed by atoms with Crippen LogP contribution in [0, 0.1) is 13.8 Å². The number of amides is 1. The van der Waals surface area contributed by atoms with E-state index in [1.165, 1.54) is 0 Å². The van der Waals surface area contributed by atoms with E-state index in [2.05, 4.69) is 20.5 Å². The molecule has 34 heavy (non-hydrogen) atoms. The van der Waals surface area contributed by atoms with Gasteiger partial charge in [-0.05, 0) is 43.7 Å². The van der Waals surface area contributed by atoms with Crippen LogP contribution < -0.4 is 5.32 Å². The predicted octanol–water partition coefficient (Wildman–Crippen LogP) is 4.80. The molecule has 5 aromatic rings. The van der Waals surface area contributed by atoms with E-state index in [1.807, 2.05) is 74.1 Å². The van der Waals surface area contributed by atoms with Gasteiger partial charge in [0.1, 0.15) is 6.33 Å². The van der Waals surface area contributed by atoms with Gasteiger partial charge in [-0.1, -0.05) is 41.9 Å². The predicted molar refractivity (Wildman–Crippen MR) is 132 cm³/mol. The average molecular weight is 472 g/mol. The molecule has 0 saturated heterocycles.